The van der Waals surface area contributed by atoms with Crippen LogP contribution in [0.5, 0.6) is 0 Å². The zero-order chi connectivity index (χ0) is 20.4. The highest BCUT2D eigenvalue weighted by Gasteiger charge is 2.44. The average molecular weight is 376 g/mol. The molecule has 0 saturated heterocycles. The minimum atomic E-state index is -4.33. The number of carbonyl (C=O) groups is 1. The molecule has 4 heteroatoms. The number of fused-ring (bicyclic) bond motifs is 1. The molecule has 1 nitrogen and oxygen atoms in total. The second-order valence-corrected chi connectivity index (χ2v) is 7.64. The van der Waals surface area contributed by atoms with Crippen molar-refractivity contribution in [1.29, 1.82) is 0 Å². The molecule has 0 bridgehead atoms. The summed E-state index contributed by atoms with van der Waals surface area (Å²) in [5, 5.41) is 0. The van der Waals surface area contributed by atoms with Crippen LogP contribution in [-0.2, 0) is 4.79 Å². The molecule has 0 radical (unpaired) electrons. The van der Waals surface area contributed by atoms with Crippen LogP contribution in [-0.4, -0.2) is 12.5 Å². The maximum absolute atomic E-state index is 13.9. The first-order valence-corrected chi connectivity index (χ1v) is 9.28. The maximum Gasteiger partial charge on any atom is 0.396 e. The molecule has 0 aromatic rings. The molecule has 0 aromatic heterocycles. The van der Waals surface area contributed by atoms with Crippen molar-refractivity contribution < 1.29 is 18.0 Å². The van der Waals surface area contributed by atoms with Crippen molar-refractivity contribution in [1.82, 2.24) is 0 Å². The third kappa shape index (κ3) is 4.79. The Morgan fingerprint density at radius 2 is 1.93 bits per heavy atom. The van der Waals surface area contributed by atoms with Crippen LogP contribution in [0.25, 0.3) is 0 Å². The van der Waals surface area contributed by atoms with E-state index in [4.69, 9.17) is 0 Å². The van der Waals surface area contributed by atoms with Crippen molar-refractivity contribution in [2.24, 2.45) is 17.8 Å². The summed E-state index contributed by atoms with van der Waals surface area (Å²) in [6.07, 6.45) is 6.40. The van der Waals surface area contributed by atoms with Crippen molar-refractivity contribution in [3.05, 3.63) is 69.9 Å². The Bertz CT molecular complexity index is 783. The lowest BCUT2D eigenvalue weighted by molar-refractivity contribution is -0.162. The van der Waals surface area contributed by atoms with E-state index >= 15 is 0 Å². The van der Waals surface area contributed by atoms with E-state index in [2.05, 4.69) is 19.9 Å². The van der Waals surface area contributed by atoms with Crippen molar-refractivity contribution in [2.45, 2.75) is 47.2 Å². The molecule has 0 saturated carbocycles. The number of hydrogen-bond donors (Lipinski definition) is 0. The van der Waals surface area contributed by atoms with Crippen LogP contribution in [0.4, 0.5) is 13.2 Å². The Kier molecular flexibility index (Phi) is 6.50. The molecule has 0 aliphatic heterocycles. The number of aldehydes is 1. The highest BCUT2D eigenvalue weighted by molar-refractivity contribution is 5.67. The Labute approximate surface area is 159 Å². The molecular weight excluding hydrogens is 349 g/mol. The molecular formula is C23H27F3O. The molecule has 0 spiro atoms. The van der Waals surface area contributed by atoms with Crippen LogP contribution < -0.4 is 0 Å². The van der Waals surface area contributed by atoms with Gasteiger partial charge in [0.2, 0.25) is 0 Å². The molecule has 0 amide bonds. The monoisotopic (exact) mass is 376 g/mol. The summed E-state index contributed by atoms with van der Waals surface area (Å²) in [5.74, 6) is -1.26. The second kappa shape index (κ2) is 8.28. The zero-order valence-corrected chi connectivity index (χ0v) is 16.5. The van der Waals surface area contributed by atoms with Crippen molar-refractivity contribution in [3.63, 3.8) is 0 Å². The number of rotatable bonds is 6. The lowest BCUT2D eigenvalue weighted by Gasteiger charge is -2.26. The first-order chi connectivity index (χ1) is 12.6. The maximum atomic E-state index is 13.9. The average Bonchev–Trinajstić information content (AvgIpc) is 2.87. The summed E-state index contributed by atoms with van der Waals surface area (Å²) in [6.45, 7) is 9.74. The van der Waals surface area contributed by atoms with Gasteiger partial charge >= 0.3 is 6.18 Å². The second-order valence-electron chi connectivity index (χ2n) is 7.64. The van der Waals surface area contributed by atoms with E-state index < -0.39 is 12.1 Å². The fraction of sp³-hybridized carbons (Fsp3) is 0.435. The summed E-state index contributed by atoms with van der Waals surface area (Å²) in [4.78, 5) is 10.5. The largest absolute Gasteiger partial charge is 0.396 e. The molecule has 146 valence electrons. The van der Waals surface area contributed by atoms with Crippen LogP contribution in [0.1, 0.15) is 41.0 Å². The summed E-state index contributed by atoms with van der Waals surface area (Å²) >= 11 is 0. The van der Waals surface area contributed by atoms with E-state index in [9.17, 15) is 18.0 Å². The summed E-state index contributed by atoms with van der Waals surface area (Å²) in [7, 11) is 0. The van der Waals surface area contributed by atoms with Crippen molar-refractivity contribution in [2.75, 3.05) is 0 Å². The van der Waals surface area contributed by atoms with Gasteiger partial charge in [-0.3, -0.25) is 4.79 Å². The standard InChI is InChI=1S/C23H27F3O/c1-14(2)18-11-17(5)22-19(13-18)16(4)12-20(22)21(23(24,25)26)8-6-7-15(3)9-10-27/h6-7,9-14,17,21H,8H2,1-5H3/b7-6+,15-9+. The number of hydrogen-bond acceptors (Lipinski definition) is 1. The molecule has 2 aliphatic carbocycles. The van der Waals surface area contributed by atoms with E-state index in [0.717, 1.165) is 16.7 Å². The van der Waals surface area contributed by atoms with Crippen LogP contribution >= 0.6 is 0 Å². The van der Waals surface area contributed by atoms with E-state index in [-0.39, 0.29) is 12.3 Å². The SMILES string of the molecule is CC1=CC(C(C/C=C/C(C)=C/C=O)C(F)(F)F)=C2C1=CC(C(C)C)=CC2C. The number of allylic oxidation sites excluding steroid dienone is 12. The topological polar surface area (TPSA) is 17.1 Å². The molecule has 2 atom stereocenters. The minimum absolute atomic E-state index is 0.0448. The van der Waals surface area contributed by atoms with Gasteiger partial charge in [-0.25, -0.2) is 0 Å². The number of halogens is 3. The highest BCUT2D eigenvalue weighted by Crippen LogP contribution is 2.48. The fourth-order valence-corrected chi connectivity index (χ4v) is 3.68. The van der Waals surface area contributed by atoms with Crippen LogP contribution in [0.15, 0.2) is 69.9 Å². The van der Waals surface area contributed by atoms with E-state index in [1.54, 1.807) is 19.1 Å². The van der Waals surface area contributed by atoms with Gasteiger partial charge in [0.15, 0.2) is 0 Å². The first kappa shape index (κ1) is 21.2. The Morgan fingerprint density at radius 1 is 1.26 bits per heavy atom. The molecule has 2 unspecified atom stereocenters. The molecule has 0 heterocycles. The normalized spacial score (nSPS) is 22.0. The predicted molar refractivity (Wildman–Crippen MR) is 104 cm³/mol. The van der Waals surface area contributed by atoms with E-state index in [1.807, 2.05) is 19.9 Å². The molecule has 0 N–H and O–H groups in total. The molecule has 0 fully saturated rings. The van der Waals surface area contributed by atoms with Gasteiger partial charge in [0.05, 0.1) is 5.92 Å². The van der Waals surface area contributed by atoms with Gasteiger partial charge in [-0.15, -0.1) is 0 Å². The third-order valence-electron chi connectivity index (χ3n) is 5.13. The lowest BCUT2D eigenvalue weighted by Crippen LogP contribution is -2.25. The van der Waals surface area contributed by atoms with Gasteiger partial charge in [0.1, 0.15) is 6.29 Å². The minimum Gasteiger partial charge on any atom is -0.299 e. The van der Waals surface area contributed by atoms with Gasteiger partial charge in [-0.1, -0.05) is 51.2 Å². The van der Waals surface area contributed by atoms with Gasteiger partial charge < -0.3 is 0 Å². The molecule has 2 rings (SSSR count). The van der Waals surface area contributed by atoms with Crippen LogP contribution in [0.3, 0.4) is 0 Å². The van der Waals surface area contributed by atoms with Gasteiger partial charge in [-0.05, 0) is 65.7 Å². The van der Waals surface area contributed by atoms with Gasteiger partial charge in [0, 0.05) is 5.92 Å². The van der Waals surface area contributed by atoms with Crippen LogP contribution in [0, 0.1) is 17.8 Å². The Hall–Kier alpha value is -2.10. The van der Waals surface area contributed by atoms with Crippen LogP contribution in [0.2, 0.25) is 0 Å². The van der Waals surface area contributed by atoms with E-state index in [0.29, 0.717) is 23.4 Å². The summed E-state index contributed by atoms with van der Waals surface area (Å²) < 4.78 is 41.6. The number of carbonyl (C=O) groups excluding carboxylic acids is 1. The summed E-state index contributed by atoms with van der Waals surface area (Å²) in [5.41, 5.74) is 4.82. The quantitative estimate of drug-likeness (QED) is 0.287. The van der Waals surface area contributed by atoms with Gasteiger partial charge in [0.25, 0.3) is 0 Å². The third-order valence-corrected chi connectivity index (χ3v) is 5.13. The Balaban J connectivity index is 2.44. The molecule has 2 aliphatic rings. The molecule has 0 aromatic carbocycles. The fourth-order valence-electron chi connectivity index (χ4n) is 3.68. The highest BCUT2D eigenvalue weighted by atomic mass is 19.4. The lowest BCUT2D eigenvalue weighted by atomic mass is 9.79. The molecule has 27 heavy (non-hydrogen) atoms. The van der Waals surface area contributed by atoms with Crippen molar-refractivity contribution in [3.8, 4) is 0 Å². The smallest absolute Gasteiger partial charge is 0.299 e. The first-order valence-electron chi connectivity index (χ1n) is 9.28. The van der Waals surface area contributed by atoms with Crippen molar-refractivity contribution >= 4 is 6.29 Å². The van der Waals surface area contributed by atoms with E-state index in [1.165, 1.54) is 17.7 Å². The van der Waals surface area contributed by atoms with Gasteiger partial charge in [-0.2, -0.15) is 13.2 Å². The zero-order valence-electron chi connectivity index (χ0n) is 16.5. The Morgan fingerprint density at radius 3 is 2.48 bits per heavy atom. The number of alkyl halides is 3. The predicted octanol–water partition coefficient (Wildman–Crippen LogP) is 6.67. The summed E-state index contributed by atoms with van der Waals surface area (Å²) in [6, 6.07) is 0.